The number of anilines is 6. The van der Waals surface area contributed by atoms with E-state index in [1.165, 1.54) is 160 Å². The topological polar surface area (TPSA) is 6.48 Å². The van der Waals surface area contributed by atoms with Crippen molar-refractivity contribution >= 4 is 78.0 Å². The van der Waals surface area contributed by atoms with Gasteiger partial charge in [-0.25, -0.2) is 0 Å². The van der Waals surface area contributed by atoms with Gasteiger partial charge in [0, 0.05) is 33.1 Å². The van der Waals surface area contributed by atoms with E-state index >= 15 is 0 Å². The van der Waals surface area contributed by atoms with Crippen LogP contribution >= 0.6 is 11.3 Å². The molecular weight excluding hydrogens is 888 g/mol. The van der Waals surface area contributed by atoms with Crippen LogP contribution in [0.2, 0.25) is 0 Å². The predicted molar refractivity (Wildman–Crippen MR) is 313 cm³/mol. The second kappa shape index (κ2) is 14.6. The first-order valence-corrected chi connectivity index (χ1v) is 28.4. The molecule has 1 fully saturated rings. The van der Waals surface area contributed by atoms with Crippen molar-refractivity contribution in [3.05, 3.63) is 147 Å². The van der Waals surface area contributed by atoms with E-state index in [1.54, 1.807) is 11.1 Å². The molecule has 1 saturated carbocycles. The highest BCUT2D eigenvalue weighted by Gasteiger charge is 2.54. The van der Waals surface area contributed by atoms with E-state index in [0.29, 0.717) is 0 Å². The molecule has 6 aliphatic rings. The van der Waals surface area contributed by atoms with Gasteiger partial charge in [-0.15, -0.1) is 11.3 Å². The first kappa shape index (κ1) is 46.7. The summed E-state index contributed by atoms with van der Waals surface area (Å²) in [7, 11) is 0. The summed E-state index contributed by atoms with van der Waals surface area (Å²) in [5.74, 6) is 0. The average molecular weight is 965 g/mol. The zero-order chi connectivity index (χ0) is 50.8. The number of hydrogen-bond acceptors (Lipinski definition) is 3. The van der Waals surface area contributed by atoms with Crippen LogP contribution in [-0.2, 0) is 37.9 Å². The lowest BCUT2D eigenvalue weighted by Crippen LogP contribution is -2.61. The first-order valence-electron chi connectivity index (χ1n) is 27.6. The molecule has 4 heteroatoms. The molecule has 4 aliphatic carbocycles. The van der Waals surface area contributed by atoms with Crippen LogP contribution in [0, 0.1) is 20.8 Å². The standard InChI is InChI=1S/C68H77BN2S/c1-39-29-40(2)58(41(3)30-39)42-31-55-60-56(32-42)71(45-19-21-48-50(35-45)66(13,14)26-24-64(48,9)10)61-59(46-36-51-52(37-57(46)72-61)68(16)28-27-67(51,15)38-68)69(60)53-33-43(62(4,5)6)17-22-54(53)70(55)44-18-20-47-49(34-44)65(11,12)25-23-63(47,7)8/h17-22,29-37H,23-28,38H2,1-16H3. The lowest BCUT2D eigenvalue weighted by atomic mass is 9.33. The van der Waals surface area contributed by atoms with Gasteiger partial charge in [-0.05, 0) is 241 Å². The van der Waals surface area contributed by atoms with E-state index in [4.69, 9.17) is 0 Å². The van der Waals surface area contributed by atoms with Crippen LogP contribution in [-0.4, -0.2) is 6.71 Å². The van der Waals surface area contributed by atoms with Crippen LogP contribution in [0.4, 0.5) is 33.4 Å². The third-order valence-electron chi connectivity index (χ3n) is 20.2. The summed E-state index contributed by atoms with van der Waals surface area (Å²) in [6.45, 7) is 39.1. The summed E-state index contributed by atoms with van der Waals surface area (Å²) >= 11 is 2.06. The Morgan fingerprint density at radius 1 is 0.486 bits per heavy atom. The Bertz CT molecular complexity index is 3510. The molecule has 3 heterocycles. The maximum absolute atomic E-state index is 2.77. The van der Waals surface area contributed by atoms with E-state index in [0.717, 1.165) is 0 Å². The van der Waals surface area contributed by atoms with E-state index < -0.39 is 0 Å². The second-order valence-corrected chi connectivity index (χ2v) is 29.4. The highest BCUT2D eigenvalue weighted by molar-refractivity contribution is 7.26. The summed E-state index contributed by atoms with van der Waals surface area (Å²) in [5, 5.41) is 2.85. The third-order valence-corrected chi connectivity index (χ3v) is 21.3. The highest BCUT2D eigenvalue weighted by atomic mass is 32.1. The summed E-state index contributed by atoms with van der Waals surface area (Å²) in [5.41, 5.74) is 28.9. The smallest absolute Gasteiger partial charge is 0.254 e. The fourth-order valence-electron chi connectivity index (χ4n) is 15.8. The minimum atomic E-state index is -0.0250. The van der Waals surface area contributed by atoms with Crippen LogP contribution in [0.5, 0.6) is 0 Å². The maximum Gasteiger partial charge on any atom is 0.254 e. The van der Waals surface area contributed by atoms with Crippen molar-refractivity contribution in [3.63, 3.8) is 0 Å². The summed E-state index contributed by atoms with van der Waals surface area (Å²) in [4.78, 5) is 5.49. The zero-order valence-electron chi connectivity index (χ0n) is 46.5. The van der Waals surface area contributed by atoms with Gasteiger partial charge in [-0.3, -0.25) is 0 Å². The van der Waals surface area contributed by atoms with Crippen molar-refractivity contribution in [2.75, 3.05) is 9.80 Å². The molecule has 0 amide bonds. The number of thiophene rings is 1. The molecule has 0 N–H and O–H groups in total. The number of aryl methyl sites for hydroxylation is 3. The van der Waals surface area contributed by atoms with Crippen molar-refractivity contribution in [1.29, 1.82) is 0 Å². The minimum absolute atomic E-state index is 0.0250. The van der Waals surface area contributed by atoms with E-state index in [-0.39, 0.29) is 44.6 Å². The lowest BCUT2D eigenvalue weighted by molar-refractivity contribution is 0.332. The predicted octanol–water partition coefficient (Wildman–Crippen LogP) is 17.3. The van der Waals surface area contributed by atoms with Gasteiger partial charge in [0.25, 0.3) is 6.71 Å². The number of nitrogens with zero attached hydrogens (tertiary/aromatic N) is 2. The summed E-state index contributed by atoms with van der Waals surface area (Å²) in [6.07, 6.45) is 8.60. The van der Waals surface area contributed by atoms with E-state index in [9.17, 15) is 0 Å². The molecule has 72 heavy (non-hydrogen) atoms. The monoisotopic (exact) mass is 965 g/mol. The van der Waals surface area contributed by atoms with Gasteiger partial charge < -0.3 is 9.80 Å². The summed E-state index contributed by atoms with van der Waals surface area (Å²) < 4.78 is 1.44. The average Bonchev–Trinajstić information content (AvgIpc) is 3.91. The van der Waals surface area contributed by atoms with E-state index in [2.05, 4.69) is 223 Å². The normalized spacial score (nSPS) is 23.4. The van der Waals surface area contributed by atoms with Crippen molar-refractivity contribution in [1.82, 2.24) is 0 Å². The second-order valence-electron chi connectivity index (χ2n) is 28.3. The van der Waals surface area contributed by atoms with Gasteiger partial charge in [-0.2, -0.15) is 0 Å². The summed E-state index contributed by atoms with van der Waals surface area (Å²) in [6, 6.07) is 38.3. The Hall–Kier alpha value is -5.06. The molecule has 7 aromatic rings. The van der Waals surface area contributed by atoms with Crippen molar-refractivity contribution in [2.45, 2.75) is 194 Å². The quantitative estimate of drug-likeness (QED) is 0.163. The van der Waals surface area contributed by atoms with Crippen LogP contribution in [0.1, 0.15) is 191 Å². The van der Waals surface area contributed by atoms with Gasteiger partial charge in [0.2, 0.25) is 0 Å². The largest absolute Gasteiger partial charge is 0.311 e. The fourth-order valence-corrected chi connectivity index (χ4v) is 17.1. The Morgan fingerprint density at radius 3 is 1.56 bits per heavy atom. The number of fused-ring (bicyclic) bond motifs is 13. The molecule has 2 unspecified atom stereocenters. The van der Waals surface area contributed by atoms with Crippen molar-refractivity contribution < 1.29 is 0 Å². The molecule has 2 nitrogen and oxygen atoms in total. The highest BCUT2D eigenvalue weighted by Crippen LogP contribution is 2.62. The molecule has 0 saturated heterocycles. The third kappa shape index (κ3) is 6.45. The van der Waals surface area contributed by atoms with Gasteiger partial charge in [0.1, 0.15) is 0 Å². The molecule has 2 atom stereocenters. The maximum atomic E-state index is 2.77. The minimum Gasteiger partial charge on any atom is -0.311 e. The number of hydrogen-bond donors (Lipinski definition) is 0. The Labute approximate surface area is 436 Å². The molecule has 0 radical (unpaired) electrons. The van der Waals surface area contributed by atoms with Crippen LogP contribution < -0.4 is 26.2 Å². The Kier molecular flexibility index (Phi) is 9.48. The molecule has 368 valence electrons. The van der Waals surface area contributed by atoms with Gasteiger partial charge in [0.05, 0.1) is 5.00 Å². The number of rotatable bonds is 3. The Balaban J connectivity index is 1.19. The molecule has 6 aromatic carbocycles. The van der Waals surface area contributed by atoms with Crippen molar-refractivity contribution in [3.8, 4) is 11.1 Å². The van der Waals surface area contributed by atoms with E-state index in [1.807, 2.05) is 0 Å². The zero-order valence-corrected chi connectivity index (χ0v) is 47.3. The molecule has 0 spiro atoms. The SMILES string of the molecule is Cc1cc(C)c(-c2cc3c4c(c2)N(c2ccc5c(c2)C(C)(C)CCC5(C)C)c2sc5cc6c(cc5c2B4c2cc(C(C)(C)C)ccc2N3c2ccc3c(c2)C(C)(C)CCC3(C)C)C2(C)CCC6(C)C2)c(C)c1. The molecular formula is C68H77BN2S. The lowest BCUT2D eigenvalue weighted by Gasteiger charge is -2.46. The fraction of sp³-hybridized carbons (Fsp3) is 0.441. The molecule has 1 aromatic heterocycles. The number of benzene rings is 6. The molecule has 13 rings (SSSR count). The van der Waals surface area contributed by atoms with Gasteiger partial charge in [-0.1, -0.05) is 132 Å². The molecule has 2 bridgehead atoms. The first-order chi connectivity index (χ1) is 33.7. The molecule has 2 aliphatic heterocycles. The van der Waals surface area contributed by atoms with Crippen LogP contribution in [0.15, 0.2) is 91.0 Å². The van der Waals surface area contributed by atoms with Crippen LogP contribution in [0.25, 0.3) is 21.2 Å². The van der Waals surface area contributed by atoms with Crippen molar-refractivity contribution in [2.24, 2.45) is 0 Å². The van der Waals surface area contributed by atoms with Gasteiger partial charge >= 0.3 is 0 Å². The Morgan fingerprint density at radius 2 is 1.00 bits per heavy atom. The van der Waals surface area contributed by atoms with Crippen LogP contribution in [0.3, 0.4) is 0 Å². The van der Waals surface area contributed by atoms with Gasteiger partial charge in [0.15, 0.2) is 0 Å².